The number of halogens is 4. The molecule has 2 saturated heterocycles. The number of carboxylic acid groups (broad SMARTS) is 1. The number of hydrogen-bond donors (Lipinski definition) is 1. The van der Waals surface area contributed by atoms with Gasteiger partial charge in [0.2, 0.25) is 5.91 Å². The van der Waals surface area contributed by atoms with Crippen molar-refractivity contribution < 1.29 is 55.3 Å². The lowest BCUT2D eigenvalue weighted by Gasteiger charge is -2.42. The summed E-state index contributed by atoms with van der Waals surface area (Å²) < 4.78 is 78.4. The SMILES string of the molecule is COc1ccc(S(=O)(=O)N2C(=O)[C@](c3cc(CN4CCOCC4)ccc3OC)(N3CCCC3C(=O)N(C)C)c3cc(Cl)ccc32)cc1.O=C(O)C(F)(F)F. The molecule has 6 rings (SSSR count). The Balaban J connectivity index is 0.000000730. The first kappa shape index (κ1) is 40.8. The van der Waals surface area contributed by atoms with Gasteiger partial charge in [0.05, 0.1) is 44.1 Å². The summed E-state index contributed by atoms with van der Waals surface area (Å²) in [6, 6.07) is 15.6. The van der Waals surface area contributed by atoms with Crippen LogP contribution in [0.4, 0.5) is 18.9 Å². The number of methoxy groups -OCH3 is 2. The monoisotopic (exact) mass is 796 g/mol. The number of carbonyl (C=O) groups excluding carboxylic acids is 2. The van der Waals surface area contributed by atoms with Crippen molar-refractivity contribution in [3.63, 3.8) is 0 Å². The molecule has 18 heteroatoms. The zero-order valence-electron chi connectivity index (χ0n) is 29.9. The van der Waals surface area contributed by atoms with E-state index in [1.807, 2.05) is 23.1 Å². The van der Waals surface area contributed by atoms with Gasteiger partial charge in [-0.15, -0.1) is 0 Å². The number of likely N-dealkylation sites (tertiary alicyclic amines) is 1. The van der Waals surface area contributed by atoms with Crippen LogP contribution in [0.25, 0.3) is 0 Å². The van der Waals surface area contributed by atoms with E-state index >= 15 is 4.79 Å². The second kappa shape index (κ2) is 16.1. The Morgan fingerprint density at radius 2 is 1.63 bits per heavy atom. The number of ether oxygens (including phenoxy) is 3. The van der Waals surface area contributed by atoms with E-state index in [0.717, 1.165) is 23.0 Å². The molecule has 54 heavy (non-hydrogen) atoms. The molecule has 3 aromatic carbocycles. The molecule has 13 nitrogen and oxygen atoms in total. The summed E-state index contributed by atoms with van der Waals surface area (Å²) >= 11 is 6.65. The number of hydrogen-bond acceptors (Lipinski definition) is 10. The van der Waals surface area contributed by atoms with Gasteiger partial charge in [-0.1, -0.05) is 17.7 Å². The van der Waals surface area contributed by atoms with Crippen LogP contribution in [0.2, 0.25) is 5.02 Å². The van der Waals surface area contributed by atoms with E-state index in [2.05, 4.69) is 4.90 Å². The number of morpholine rings is 1. The van der Waals surface area contributed by atoms with Crippen molar-refractivity contribution in [1.82, 2.24) is 14.7 Å². The van der Waals surface area contributed by atoms with Crippen molar-refractivity contribution >= 4 is 45.1 Å². The van der Waals surface area contributed by atoms with Crippen LogP contribution >= 0.6 is 11.6 Å². The number of nitrogens with zero attached hydrogens (tertiary/aromatic N) is 4. The minimum absolute atomic E-state index is 0.0845. The standard InChI is InChI=1S/C34H39ClN4O7S.C2HF3O2/c1-36(2)32(40)30-6-5-15-38(30)34(28-20-23(7-14-31(28)45-4)22-37-16-18-46-19-17-37)27-21-24(35)8-13-29(27)39(33(34)41)47(42,43)26-11-9-25(44-3)10-12-26;3-2(4,5)1(6)7/h7-14,20-21,30H,5-6,15-19,22H2,1-4H3;(H,6,7)/t30?,34-;/m0./s1. The van der Waals surface area contributed by atoms with Crippen molar-refractivity contribution in [2.75, 3.05) is 65.5 Å². The van der Waals surface area contributed by atoms with Gasteiger partial charge in [-0.3, -0.25) is 19.4 Å². The lowest BCUT2D eigenvalue weighted by molar-refractivity contribution is -0.192. The Labute approximate surface area is 315 Å². The summed E-state index contributed by atoms with van der Waals surface area (Å²) in [5.41, 5.74) is 0.125. The van der Waals surface area contributed by atoms with E-state index in [1.54, 1.807) is 32.3 Å². The molecule has 1 N–H and O–H groups in total. The van der Waals surface area contributed by atoms with Crippen molar-refractivity contribution in [2.45, 2.75) is 42.0 Å². The van der Waals surface area contributed by atoms with E-state index in [-0.39, 0.29) is 16.5 Å². The number of carboxylic acids is 1. The summed E-state index contributed by atoms with van der Waals surface area (Å²) in [6.45, 7) is 3.69. The zero-order valence-corrected chi connectivity index (χ0v) is 31.5. The first-order valence-electron chi connectivity index (χ1n) is 16.8. The highest BCUT2D eigenvalue weighted by Gasteiger charge is 2.63. The number of sulfonamides is 1. The number of carbonyl (C=O) groups is 3. The Morgan fingerprint density at radius 1 is 0.981 bits per heavy atom. The summed E-state index contributed by atoms with van der Waals surface area (Å²) in [7, 11) is 1.91. The van der Waals surface area contributed by atoms with Gasteiger partial charge in [0.15, 0.2) is 5.54 Å². The van der Waals surface area contributed by atoms with Crippen LogP contribution < -0.4 is 13.8 Å². The molecular formula is C36H40ClF3N4O9S. The van der Waals surface area contributed by atoms with Crippen LogP contribution in [0, 0.1) is 0 Å². The first-order valence-corrected chi connectivity index (χ1v) is 18.6. The first-order chi connectivity index (χ1) is 25.5. The fourth-order valence-electron chi connectivity index (χ4n) is 7.01. The second-order valence-corrected chi connectivity index (χ2v) is 15.2. The molecule has 292 valence electrons. The molecule has 0 radical (unpaired) electrons. The number of aliphatic carboxylic acids is 1. The highest BCUT2D eigenvalue weighted by atomic mass is 35.5. The average molecular weight is 797 g/mol. The molecule has 0 aromatic heterocycles. The second-order valence-electron chi connectivity index (χ2n) is 12.9. The van der Waals surface area contributed by atoms with Crippen LogP contribution in [0.15, 0.2) is 65.6 Å². The minimum Gasteiger partial charge on any atom is -0.497 e. The largest absolute Gasteiger partial charge is 0.497 e. The van der Waals surface area contributed by atoms with Gasteiger partial charge in [0.1, 0.15) is 11.5 Å². The topological polar surface area (TPSA) is 146 Å². The van der Waals surface area contributed by atoms with Crippen molar-refractivity contribution in [1.29, 1.82) is 0 Å². The van der Waals surface area contributed by atoms with Crippen molar-refractivity contribution in [3.8, 4) is 11.5 Å². The minimum atomic E-state index is -5.08. The molecule has 3 aliphatic rings. The predicted octanol–water partition coefficient (Wildman–Crippen LogP) is 4.35. The van der Waals surface area contributed by atoms with E-state index in [0.29, 0.717) is 66.8 Å². The van der Waals surface area contributed by atoms with E-state index in [1.165, 1.54) is 43.4 Å². The number of alkyl halides is 3. The summed E-state index contributed by atoms with van der Waals surface area (Å²) in [5.74, 6) is -2.81. The highest BCUT2D eigenvalue weighted by molar-refractivity contribution is 7.93. The molecular weight excluding hydrogens is 757 g/mol. The third kappa shape index (κ3) is 7.73. The van der Waals surface area contributed by atoms with Crippen LogP contribution in [0.3, 0.4) is 0 Å². The van der Waals surface area contributed by atoms with Gasteiger partial charge in [0, 0.05) is 56.4 Å². The maximum atomic E-state index is 15.5. The van der Waals surface area contributed by atoms with E-state index in [9.17, 15) is 26.4 Å². The molecule has 3 heterocycles. The number of benzene rings is 3. The molecule has 0 spiro atoms. The number of fused-ring (bicyclic) bond motifs is 1. The molecule has 0 bridgehead atoms. The summed E-state index contributed by atoms with van der Waals surface area (Å²) in [4.78, 5) is 43.7. The normalized spacial score (nSPS) is 20.6. The molecule has 2 fully saturated rings. The maximum Gasteiger partial charge on any atom is 0.490 e. The number of amides is 2. The van der Waals surface area contributed by atoms with Crippen LogP contribution in [0.5, 0.6) is 11.5 Å². The molecule has 2 amide bonds. The molecule has 3 aliphatic heterocycles. The average Bonchev–Trinajstić information content (AvgIpc) is 3.72. The quantitative estimate of drug-likeness (QED) is 0.330. The van der Waals surface area contributed by atoms with Crippen LogP contribution in [-0.2, 0) is 41.2 Å². The molecule has 0 saturated carbocycles. The maximum absolute atomic E-state index is 15.5. The van der Waals surface area contributed by atoms with Gasteiger partial charge >= 0.3 is 12.1 Å². The van der Waals surface area contributed by atoms with Crippen molar-refractivity contribution in [3.05, 3.63) is 82.4 Å². The van der Waals surface area contributed by atoms with Gasteiger partial charge in [-0.2, -0.15) is 13.2 Å². The summed E-state index contributed by atoms with van der Waals surface area (Å²) in [6.07, 6.45) is -3.97. The Bertz CT molecular complexity index is 1990. The third-order valence-corrected chi connectivity index (χ3v) is 11.4. The Morgan fingerprint density at radius 3 is 2.20 bits per heavy atom. The molecule has 2 atom stereocenters. The third-order valence-electron chi connectivity index (χ3n) is 9.47. The zero-order chi connectivity index (χ0) is 39.6. The van der Waals surface area contributed by atoms with E-state index < -0.39 is 39.7 Å². The fraction of sp³-hybridized carbons (Fsp3) is 0.417. The smallest absolute Gasteiger partial charge is 0.490 e. The van der Waals surface area contributed by atoms with Crippen LogP contribution in [-0.4, -0.2) is 119 Å². The van der Waals surface area contributed by atoms with E-state index in [4.69, 9.17) is 35.7 Å². The fourth-order valence-corrected chi connectivity index (χ4v) is 8.64. The van der Waals surface area contributed by atoms with Gasteiger partial charge < -0.3 is 24.2 Å². The summed E-state index contributed by atoms with van der Waals surface area (Å²) in [5, 5.41) is 7.45. The van der Waals surface area contributed by atoms with Gasteiger partial charge in [-0.25, -0.2) is 17.5 Å². The Hall–Kier alpha value is -4.42. The lowest BCUT2D eigenvalue weighted by atomic mass is 9.80. The Kier molecular flexibility index (Phi) is 12.2. The predicted molar refractivity (Wildman–Crippen MR) is 191 cm³/mol. The number of rotatable bonds is 9. The molecule has 1 unspecified atom stereocenters. The molecule has 3 aromatic rings. The number of likely N-dealkylation sites (N-methyl/N-ethyl adjacent to an activating group) is 1. The highest BCUT2D eigenvalue weighted by Crippen LogP contribution is 2.55. The number of anilines is 1. The van der Waals surface area contributed by atoms with Gasteiger partial charge in [-0.05, 0) is 73.0 Å². The lowest BCUT2D eigenvalue weighted by Crippen LogP contribution is -2.59. The van der Waals surface area contributed by atoms with Crippen LogP contribution in [0.1, 0.15) is 29.5 Å². The molecule has 0 aliphatic carbocycles. The van der Waals surface area contributed by atoms with Gasteiger partial charge in [0.25, 0.3) is 15.9 Å². The van der Waals surface area contributed by atoms with Crippen molar-refractivity contribution in [2.24, 2.45) is 0 Å².